The van der Waals surface area contributed by atoms with E-state index in [4.69, 9.17) is 0 Å². The third kappa shape index (κ3) is 2.67. The van der Waals surface area contributed by atoms with E-state index in [1.54, 1.807) is 0 Å². The first-order chi connectivity index (χ1) is 8.43. The highest BCUT2D eigenvalue weighted by molar-refractivity contribution is 7.72. The molecule has 1 saturated heterocycles. The zero-order valence-corrected chi connectivity index (χ0v) is 15.5. The Morgan fingerprint density at radius 3 is 2.00 bits per heavy atom. The van der Waals surface area contributed by atoms with Crippen molar-refractivity contribution < 1.29 is 57.2 Å². The number of nitrogens with zero attached hydrogens (tertiary/aromatic N) is 1. The molecule has 0 amide bonds. The van der Waals surface area contributed by atoms with Crippen LogP contribution in [-0.4, -0.2) is 55.6 Å². The summed E-state index contributed by atoms with van der Waals surface area (Å²) in [6, 6.07) is -0.678. The maximum absolute atomic E-state index is 11.9. The quantitative estimate of drug-likeness (QED) is 0.218. The monoisotopic (exact) mass is 441 g/mol. The largest absolute Gasteiger partial charge is 1.00 e. The van der Waals surface area contributed by atoms with Crippen molar-refractivity contribution >= 4 is 15.2 Å². The van der Waals surface area contributed by atoms with Crippen LogP contribution in [0, 0.1) is 5.92 Å². The molecule has 2 rings (SSSR count). The molecule has 120 valence electrons. The first-order valence-corrected chi connectivity index (χ1v) is 9.60. The Morgan fingerprint density at radius 1 is 1.05 bits per heavy atom. The van der Waals surface area contributed by atoms with Gasteiger partial charge in [0.25, 0.3) is 0 Å². The van der Waals surface area contributed by atoms with Gasteiger partial charge in [-0.3, -0.25) is 9.13 Å². The molecule has 2 aliphatic rings. The molecule has 2 unspecified atom stereocenters. The average molecular weight is 441 g/mol. The van der Waals surface area contributed by atoms with Gasteiger partial charge in [-0.1, -0.05) is 0 Å². The zero-order valence-electron chi connectivity index (χ0n) is 11.5. The average Bonchev–Trinajstić information content (AvgIpc) is 2.56. The Kier molecular flexibility index (Phi) is 5.30. The lowest BCUT2D eigenvalue weighted by molar-refractivity contribution is -0.923. The molecule has 10 heteroatoms. The first kappa shape index (κ1) is 19.0. The summed E-state index contributed by atoms with van der Waals surface area (Å²) in [7, 11) is -6.21. The van der Waals surface area contributed by atoms with Crippen molar-refractivity contribution in [3.05, 3.63) is 0 Å². The van der Waals surface area contributed by atoms with Crippen molar-refractivity contribution in [3.8, 4) is 0 Å². The van der Waals surface area contributed by atoms with Crippen molar-refractivity contribution in [2.75, 3.05) is 20.6 Å². The van der Waals surface area contributed by atoms with Gasteiger partial charge < -0.3 is 48.0 Å². The Balaban J connectivity index is 0.00000200. The Bertz CT molecular complexity index is 450. The van der Waals surface area contributed by atoms with Crippen LogP contribution in [-0.2, 0) is 9.13 Å². The predicted molar refractivity (Wildman–Crippen MR) is 69.5 cm³/mol. The van der Waals surface area contributed by atoms with Gasteiger partial charge in [-0.05, 0) is 25.7 Å². The fraction of sp³-hybridized carbons (Fsp3) is 1.00. The predicted octanol–water partition coefficient (Wildman–Crippen LogP) is -2.31. The second-order valence-corrected chi connectivity index (χ2v) is 10.5. The molecule has 0 bridgehead atoms. The molecule has 1 saturated carbocycles. The molecular formula is C10H22INO6P2. The summed E-state index contributed by atoms with van der Waals surface area (Å²) in [6.45, 7) is 0.683. The molecule has 20 heavy (non-hydrogen) atoms. The van der Waals surface area contributed by atoms with Gasteiger partial charge in [0, 0.05) is 5.92 Å². The lowest BCUT2D eigenvalue weighted by Crippen LogP contribution is -3.00. The van der Waals surface area contributed by atoms with Crippen molar-refractivity contribution in [2.45, 2.75) is 36.6 Å². The number of hydrogen-bond donors (Lipinski definition) is 4. The van der Waals surface area contributed by atoms with Crippen molar-refractivity contribution in [1.82, 2.24) is 0 Å². The topological polar surface area (TPSA) is 115 Å². The minimum absolute atomic E-state index is 0. The smallest absolute Gasteiger partial charge is 0.349 e. The molecule has 0 spiro atoms. The van der Waals surface area contributed by atoms with Crippen LogP contribution in [0.25, 0.3) is 0 Å². The van der Waals surface area contributed by atoms with E-state index < -0.39 is 26.1 Å². The van der Waals surface area contributed by atoms with E-state index in [9.17, 15) is 28.7 Å². The van der Waals surface area contributed by atoms with Crippen molar-refractivity contribution in [1.29, 1.82) is 0 Å². The van der Waals surface area contributed by atoms with E-state index in [0.717, 1.165) is 12.8 Å². The normalized spacial score (nSPS) is 32.3. The summed E-state index contributed by atoms with van der Waals surface area (Å²) in [6.07, 6.45) is 2.09. The molecule has 0 aromatic heterocycles. The molecule has 2 fully saturated rings. The number of likely N-dealkylation sites (tertiary alicyclic amines) is 1. The number of halogens is 1. The molecule has 1 aliphatic carbocycles. The van der Waals surface area contributed by atoms with E-state index in [0.29, 0.717) is 13.0 Å². The van der Waals surface area contributed by atoms with Gasteiger partial charge in [0.05, 0.1) is 20.6 Å². The summed E-state index contributed by atoms with van der Waals surface area (Å²) >= 11 is 0. The molecule has 1 heterocycles. The minimum atomic E-state index is -4.91. The number of rotatable bonds is 2. The number of quaternary nitrogens is 1. The molecular weight excluding hydrogens is 419 g/mol. The van der Waals surface area contributed by atoms with Gasteiger partial charge in [0.1, 0.15) is 6.04 Å². The highest BCUT2D eigenvalue weighted by Gasteiger charge is 2.74. The minimum Gasteiger partial charge on any atom is -1.00 e. The van der Waals surface area contributed by atoms with E-state index in [1.807, 2.05) is 14.1 Å². The summed E-state index contributed by atoms with van der Waals surface area (Å²) in [5.41, 5.74) is 0. The fourth-order valence-electron chi connectivity index (χ4n) is 4.22. The SMILES string of the molecule is C[N+]1(C)CCCC2CCC(P(=O)(O)O)(P(=O)(O)O)C21.[I-]. The van der Waals surface area contributed by atoms with Gasteiger partial charge in [0.15, 0.2) is 0 Å². The van der Waals surface area contributed by atoms with Gasteiger partial charge in [0.2, 0.25) is 4.90 Å². The van der Waals surface area contributed by atoms with Crippen molar-refractivity contribution in [3.63, 3.8) is 0 Å². The van der Waals surface area contributed by atoms with Crippen LogP contribution in [0.1, 0.15) is 25.7 Å². The Hall–Kier alpha value is 0.990. The lowest BCUT2D eigenvalue weighted by Gasteiger charge is -2.49. The summed E-state index contributed by atoms with van der Waals surface area (Å²) in [5, 5.41) is 0. The molecule has 0 radical (unpaired) electrons. The van der Waals surface area contributed by atoms with Gasteiger partial charge in [-0.15, -0.1) is 0 Å². The van der Waals surface area contributed by atoms with E-state index in [1.165, 1.54) is 0 Å². The van der Waals surface area contributed by atoms with Crippen LogP contribution in [0.4, 0.5) is 0 Å². The molecule has 4 N–H and O–H groups in total. The molecule has 1 aliphatic heterocycles. The van der Waals surface area contributed by atoms with Crippen molar-refractivity contribution in [2.24, 2.45) is 5.92 Å². The number of fused-ring (bicyclic) bond motifs is 1. The van der Waals surface area contributed by atoms with E-state index in [2.05, 4.69) is 0 Å². The van der Waals surface area contributed by atoms with Crippen LogP contribution in [0.3, 0.4) is 0 Å². The standard InChI is InChI=1S/C10H21NO6P2.HI/c1-11(2)7-3-4-8-5-6-10(9(8)11,18(12,13)14)19(15,16)17;/h8-9H,3-7H2,1-2H3,(H3-,12,13,14,15,16,17);1H. The summed E-state index contributed by atoms with van der Waals surface area (Å²) in [5.74, 6) is -0.0241. The second-order valence-electron chi connectivity index (χ2n) is 6.35. The molecule has 0 aromatic carbocycles. The maximum atomic E-state index is 11.9. The third-order valence-electron chi connectivity index (χ3n) is 4.87. The van der Waals surface area contributed by atoms with Crippen LogP contribution in [0.2, 0.25) is 0 Å². The van der Waals surface area contributed by atoms with Crippen LogP contribution in [0.5, 0.6) is 0 Å². The van der Waals surface area contributed by atoms with Crippen LogP contribution in [0.15, 0.2) is 0 Å². The van der Waals surface area contributed by atoms with Gasteiger partial charge in [-0.25, -0.2) is 0 Å². The summed E-state index contributed by atoms with van der Waals surface area (Å²) in [4.78, 5) is 36.5. The van der Waals surface area contributed by atoms with Gasteiger partial charge >= 0.3 is 15.2 Å². The molecule has 0 aromatic rings. The molecule has 2 atom stereocenters. The first-order valence-electron chi connectivity index (χ1n) is 6.37. The van der Waals surface area contributed by atoms with Crippen LogP contribution >= 0.6 is 15.2 Å². The summed E-state index contributed by atoms with van der Waals surface area (Å²) < 4.78 is 24.1. The highest BCUT2D eigenvalue weighted by atomic mass is 127. The Labute approximate surface area is 135 Å². The van der Waals surface area contributed by atoms with E-state index >= 15 is 0 Å². The molecule has 7 nitrogen and oxygen atoms in total. The highest BCUT2D eigenvalue weighted by Crippen LogP contribution is 2.77. The lowest BCUT2D eigenvalue weighted by atomic mass is 9.90. The number of hydrogen-bond acceptors (Lipinski definition) is 2. The zero-order chi connectivity index (χ0) is 14.7. The van der Waals surface area contributed by atoms with Gasteiger partial charge in [-0.2, -0.15) is 0 Å². The second kappa shape index (κ2) is 5.57. The van der Waals surface area contributed by atoms with E-state index in [-0.39, 0.29) is 40.8 Å². The number of piperidine rings is 1. The fourth-order valence-corrected chi connectivity index (χ4v) is 8.15. The third-order valence-corrected chi connectivity index (χ3v) is 9.43. The van der Waals surface area contributed by atoms with Crippen LogP contribution < -0.4 is 24.0 Å². The Morgan fingerprint density at radius 2 is 1.55 bits per heavy atom. The maximum Gasteiger partial charge on any atom is 0.349 e.